The Morgan fingerprint density at radius 2 is 0.922 bits per heavy atom. The van der Waals surface area contributed by atoms with Crippen LogP contribution in [0.5, 0.6) is 0 Å². The smallest absolute Gasteiger partial charge is 0.0531 e. The molecule has 0 N–H and O–H groups in total. The van der Waals surface area contributed by atoms with Gasteiger partial charge < -0.3 is 4.57 Å². The summed E-state index contributed by atoms with van der Waals surface area (Å²) in [5.41, 5.74) is 25.9. The minimum absolute atomic E-state index is 0.0941. The van der Waals surface area contributed by atoms with Gasteiger partial charge in [0.25, 0.3) is 0 Å². The van der Waals surface area contributed by atoms with E-state index in [0.29, 0.717) is 5.92 Å². The Morgan fingerprint density at radius 3 is 1.56 bits per heavy atom. The lowest BCUT2D eigenvalue weighted by atomic mass is 9.79. The maximum atomic E-state index is 2.53. The van der Waals surface area contributed by atoms with E-state index in [1.165, 1.54) is 144 Å². The van der Waals surface area contributed by atoms with Gasteiger partial charge in [0.15, 0.2) is 0 Å². The highest BCUT2D eigenvalue weighted by molar-refractivity contribution is 6.08. The summed E-state index contributed by atoms with van der Waals surface area (Å²) in [5, 5.41) is 7.78. The number of hydrogen-bond donors (Lipinski definition) is 0. The molecule has 4 aliphatic rings. The Morgan fingerprint density at radius 1 is 0.390 bits per heavy atom. The van der Waals surface area contributed by atoms with Gasteiger partial charge in [0.2, 0.25) is 0 Å². The van der Waals surface area contributed by atoms with Gasteiger partial charge in [-0.3, -0.25) is 0 Å². The van der Waals surface area contributed by atoms with Crippen molar-refractivity contribution in [1.82, 2.24) is 4.57 Å². The van der Waals surface area contributed by atoms with E-state index < -0.39 is 0 Å². The third-order valence-electron chi connectivity index (χ3n) is 18.0. The highest BCUT2D eigenvalue weighted by Crippen LogP contribution is 2.52. The molecule has 0 radical (unpaired) electrons. The van der Waals surface area contributed by atoms with Crippen LogP contribution in [0, 0.1) is 0 Å². The SMILES string of the molecule is CC1(C)c2ccccc2-c2ccc(-c3c4c(c(-c5ccc6c(c5)C(C)(C)c5ccccc5-6)c5cc(-c6ccc(-c7ccc8cc(-n9c(-c%10ccccc%10)ccc9C9C=CC=CC9)ccc8c7)cc6)ccc35)=CCCC=4)cc21. The molecule has 0 bridgehead atoms. The normalized spacial score (nSPS) is 16.1. The summed E-state index contributed by atoms with van der Waals surface area (Å²) in [6.45, 7) is 9.59. The molecule has 1 heteroatoms. The van der Waals surface area contributed by atoms with Gasteiger partial charge in [-0.05, 0) is 194 Å². The molecule has 1 heterocycles. The van der Waals surface area contributed by atoms with Gasteiger partial charge in [-0.15, -0.1) is 0 Å². The predicted octanol–water partition coefficient (Wildman–Crippen LogP) is 18.7. The predicted molar refractivity (Wildman–Crippen MR) is 326 cm³/mol. The third kappa shape index (κ3) is 7.13. The molecule has 77 heavy (non-hydrogen) atoms. The number of hydrogen-bond acceptors (Lipinski definition) is 0. The third-order valence-corrected chi connectivity index (χ3v) is 18.0. The number of nitrogens with zero attached hydrogens (tertiary/aromatic N) is 1. The second-order valence-corrected chi connectivity index (χ2v) is 23.0. The van der Waals surface area contributed by atoms with Crippen molar-refractivity contribution in [3.63, 3.8) is 0 Å². The first-order chi connectivity index (χ1) is 37.7. The van der Waals surface area contributed by atoms with Crippen LogP contribution in [-0.4, -0.2) is 4.57 Å². The molecule has 0 amide bonds. The summed E-state index contributed by atoms with van der Waals surface area (Å²) in [4.78, 5) is 0. The zero-order valence-electron chi connectivity index (χ0n) is 44.2. The van der Waals surface area contributed by atoms with Crippen molar-refractivity contribution in [3.05, 3.63) is 269 Å². The molecule has 11 aromatic rings. The zero-order chi connectivity index (χ0) is 51.6. The summed E-state index contributed by atoms with van der Waals surface area (Å²) in [6.07, 6.45) is 17.1. The van der Waals surface area contributed by atoms with E-state index in [-0.39, 0.29) is 10.8 Å². The van der Waals surface area contributed by atoms with Gasteiger partial charge in [0.1, 0.15) is 0 Å². The summed E-state index contributed by atoms with van der Waals surface area (Å²) < 4.78 is 2.47. The van der Waals surface area contributed by atoms with Gasteiger partial charge in [-0.2, -0.15) is 0 Å². The summed E-state index contributed by atoms with van der Waals surface area (Å²) in [5.74, 6) is 0.327. The Bertz CT molecular complexity index is 4460. The number of aromatic nitrogens is 1. The van der Waals surface area contributed by atoms with Crippen molar-refractivity contribution in [3.8, 4) is 83.7 Å². The van der Waals surface area contributed by atoms with E-state index in [4.69, 9.17) is 0 Å². The van der Waals surface area contributed by atoms with Crippen LogP contribution in [0.2, 0.25) is 0 Å². The van der Waals surface area contributed by atoms with Crippen LogP contribution in [0.3, 0.4) is 0 Å². The first-order valence-corrected chi connectivity index (χ1v) is 27.7. The average molecular weight is 986 g/mol. The van der Waals surface area contributed by atoms with Crippen LogP contribution in [-0.2, 0) is 10.8 Å². The van der Waals surface area contributed by atoms with Gasteiger partial charge in [0.05, 0.1) is 5.69 Å². The highest BCUT2D eigenvalue weighted by Gasteiger charge is 2.37. The minimum atomic E-state index is -0.104. The lowest BCUT2D eigenvalue weighted by Gasteiger charge is -2.24. The fourth-order valence-electron chi connectivity index (χ4n) is 14.0. The fraction of sp³-hybridized carbons (Fsp3) is 0.132. The molecule has 0 saturated carbocycles. The van der Waals surface area contributed by atoms with Crippen molar-refractivity contribution < 1.29 is 0 Å². The standard InChI is InChI=1S/C76H59N/c1-75(2)67-25-15-13-21-59(67)61-38-35-56(46-69(61)75)73-63-23-11-12-24-64(63)74(57-36-39-62-60-22-14-16-26-68(60)76(3,4)70(62)47-57)66-45-55(34-40-65(66)73)49-29-27-48(28-30-49)52-31-32-54-44-58(37-33-53(54)43-52)77-71(50-17-7-5-8-18-50)41-42-72(77)51-19-9-6-10-20-51/h5-10,13-19,21-47,51H,11-12,20H2,1-4H3. The fourth-order valence-corrected chi connectivity index (χ4v) is 14.0. The average Bonchev–Trinajstić information content (AvgIpc) is 4.27. The lowest BCUT2D eigenvalue weighted by molar-refractivity contribution is 0.660. The van der Waals surface area contributed by atoms with Crippen LogP contribution in [0.25, 0.3) is 117 Å². The molecule has 1 aromatic heterocycles. The lowest BCUT2D eigenvalue weighted by Crippen LogP contribution is -2.31. The van der Waals surface area contributed by atoms with Gasteiger partial charge in [0, 0.05) is 28.1 Å². The van der Waals surface area contributed by atoms with E-state index >= 15 is 0 Å². The molecule has 368 valence electrons. The van der Waals surface area contributed by atoms with Gasteiger partial charge in [-0.25, -0.2) is 0 Å². The van der Waals surface area contributed by atoms with E-state index in [1.807, 2.05) is 0 Å². The van der Waals surface area contributed by atoms with Crippen molar-refractivity contribution >= 4 is 33.7 Å². The molecular weight excluding hydrogens is 927 g/mol. The topological polar surface area (TPSA) is 4.93 Å². The molecule has 4 aliphatic carbocycles. The number of rotatable bonds is 7. The first-order valence-electron chi connectivity index (χ1n) is 27.7. The van der Waals surface area contributed by atoms with Crippen LogP contribution in [0.4, 0.5) is 0 Å². The highest BCUT2D eigenvalue weighted by atomic mass is 15.0. The van der Waals surface area contributed by atoms with Crippen molar-refractivity contribution in [2.45, 2.75) is 63.7 Å². The van der Waals surface area contributed by atoms with Crippen molar-refractivity contribution in [2.75, 3.05) is 0 Å². The van der Waals surface area contributed by atoms with E-state index in [9.17, 15) is 0 Å². The molecule has 0 spiro atoms. The monoisotopic (exact) mass is 985 g/mol. The van der Waals surface area contributed by atoms with Crippen LogP contribution < -0.4 is 10.4 Å². The second-order valence-electron chi connectivity index (χ2n) is 23.0. The van der Waals surface area contributed by atoms with Crippen molar-refractivity contribution in [1.29, 1.82) is 0 Å². The molecule has 0 fully saturated rings. The maximum Gasteiger partial charge on any atom is 0.0531 e. The summed E-state index contributed by atoms with van der Waals surface area (Å²) >= 11 is 0. The first kappa shape index (κ1) is 45.6. The molecule has 15 rings (SSSR count). The minimum Gasteiger partial charge on any atom is -0.313 e. The molecule has 10 aromatic carbocycles. The maximum absolute atomic E-state index is 2.53. The van der Waals surface area contributed by atoms with E-state index in [2.05, 4.69) is 275 Å². The molecule has 1 atom stereocenters. The van der Waals surface area contributed by atoms with Crippen molar-refractivity contribution in [2.24, 2.45) is 0 Å². The van der Waals surface area contributed by atoms with Gasteiger partial charge >= 0.3 is 0 Å². The zero-order valence-corrected chi connectivity index (χ0v) is 44.2. The Labute approximate surface area is 452 Å². The number of benzene rings is 10. The van der Waals surface area contributed by atoms with Crippen LogP contribution in [0.1, 0.15) is 80.8 Å². The Hall–Kier alpha value is -8.78. The Kier molecular flexibility index (Phi) is 10.3. The largest absolute Gasteiger partial charge is 0.313 e. The van der Waals surface area contributed by atoms with Crippen LogP contribution in [0.15, 0.2) is 231 Å². The van der Waals surface area contributed by atoms with Crippen LogP contribution >= 0.6 is 0 Å². The van der Waals surface area contributed by atoms with Gasteiger partial charge in [-0.1, -0.05) is 222 Å². The van der Waals surface area contributed by atoms with E-state index in [0.717, 1.165) is 19.3 Å². The number of fused-ring (bicyclic) bond motifs is 9. The molecule has 0 saturated heterocycles. The summed E-state index contributed by atoms with van der Waals surface area (Å²) in [6, 6.07) is 78.5. The molecule has 1 nitrogen and oxygen atoms in total. The summed E-state index contributed by atoms with van der Waals surface area (Å²) in [7, 11) is 0. The molecular formula is C76H59N. The molecule has 1 unspecified atom stereocenters. The van der Waals surface area contributed by atoms with E-state index in [1.54, 1.807) is 0 Å². The second kappa shape index (κ2) is 17.4. The Balaban J connectivity index is 0.840. The quantitative estimate of drug-likeness (QED) is 0.150. The number of allylic oxidation sites excluding steroid dienone is 4. The molecule has 0 aliphatic heterocycles.